The Balaban J connectivity index is 2.57. The third-order valence-corrected chi connectivity index (χ3v) is 3.70. The summed E-state index contributed by atoms with van der Waals surface area (Å²) < 4.78 is 31.2. The van der Waals surface area contributed by atoms with E-state index in [1.807, 2.05) is 0 Å². The van der Waals surface area contributed by atoms with Gasteiger partial charge in [0.15, 0.2) is 0 Å². The SMILES string of the molecule is O=C1Cc2ccccc2C(S(=O)(=O)O)C1. The molecule has 80 valence electrons. The number of hydrogen-bond acceptors (Lipinski definition) is 3. The van der Waals surface area contributed by atoms with E-state index in [1.165, 1.54) is 0 Å². The number of hydrogen-bond donors (Lipinski definition) is 1. The van der Waals surface area contributed by atoms with E-state index in [4.69, 9.17) is 4.55 Å². The molecule has 0 saturated heterocycles. The zero-order valence-corrected chi connectivity index (χ0v) is 8.70. The van der Waals surface area contributed by atoms with Gasteiger partial charge < -0.3 is 0 Å². The molecule has 1 unspecified atom stereocenters. The van der Waals surface area contributed by atoms with E-state index in [-0.39, 0.29) is 18.6 Å². The van der Waals surface area contributed by atoms with Crippen LogP contribution in [0.5, 0.6) is 0 Å². The lowest BCUT2D eigenvalue weighted by Gasteiger charge is -2.21. The van der Waals surface area contributed by atoms with Crippen molar-refractivity contribution in [2.75, 3.05) is 0 Å². The molecule has 0 heterocycles. The molecule has 1 aliphatic rings. The van der Waals surface area contributed by atoms with E-state index in [1.54, 1.807) is 24.3 Å². The number of carbonyl (C=O) groups excluding carboxylic acids is 1. The first-order chi connectivity index (χ1) is 6.98. The van der Waals surface area contributed by atoms with Gasteiger partial charge in [-0.25, -0.2) is 0 Å². The molecule has 0 fully saturated rings. The molecule has 0 aliphatic heterocycles. The van der Waals surface area contributed by atoms with E-state index in [0.717, 1.165) is 0 Å². The van der Waals surface area contributed by atoms with Crippen molar-refractivity contribution in [2.45, 2.75) is 18.1 Å². The molecule has 0 saturated carbocycles. The summed E-state index contributed by atoms with van der Waals surface area (Å²) in [7, 11) is -4.19. The van der Waals surface area contributed by atoms with Crippen LogP contribution in [-0.2, 0) is 21.3 Å². The van der Waals surface area contributed by atoms with Gasteiger partial charge >= 0.3 is 0 Å². The Hall–Kier alpha value is -1.20. The third kappa shape index (κ3) is 1.93. The first kappa shape index (κ1) is 10.3. The summed E-state index contributed by atoms with van der Waals surface area (Å²) in [5.74, 6) is -0.156. The summed E-state index contributed by atoms with van der Waals surface area (Å²) in [6.07, 6.45) is 0.123. The molecule has 1 aromatic rings. The molecule has 1 N–H and O–H groups in total. The van der Waals surface area contributed by atoms with Crippen LogP contribution in [0, 0.1) is 0 Å². The molecule has 4 nitrogen and oxygen atoms in total. The second-order valence-corrected chi connectivity index (χ2v) is 5.22. The average Bonchev–Trinajstić information content (AvgIpc) is 2.15. The lowest BCUT2D eigenvalue weighted by molar-refractivity contribution is -0.118. The van der Waals surface area contributed by atoms with Crippen LogP contribution < -0.4 is 0 Å². The molecular weight excluding hydrogens is 216 g/mol. The summed E-state index contributed by atoms with van der Waals surface area (Å²) in [5, 5.41) is -1.09. The maximum atomic E-state index is 11.3. The van der Waals surface area contributed by atoms with Gasteiger partial charge in [0.25, 0.3) is 10.1 Å². The van der Waals surface area contributed by atoms with Crippen molar-refractivity contribution < 1.29 is 17.8 Å². The fourth-order valence-electron chi connectivity index (χ4n) is 1.88. The van der Waals surface area contributed by atoms with Gasteiger partial charge in [-0.3, -0.25) is 9.35 Å². The Morgan fingerprint density at radius 3 is 2.60 bits per heavy atom. The van der Waals surface area contributed by atoms with Gasteiger partial charge in [0.05, 0.1) is 0 Å². The Labute approximate surface area is 87.7 Å². The highest BCUT2D eigenvalue weighted by Crippen LogP contribution is 2.33. The largest absolute Gasteiger partial charge is 0.299 e. The van der Waals surface area contributed by atoms with Crippen LogP contribution in [0.25, 0.3) is 0 Å². The lowest BCUT2D eigenvalue weighted by Crippen LogP contribution is -2.23. The second-order valence-electron chi connectivity index (χ2n) is 3.62. The zero-order chi connectivity index (χ0) is 11.1. The smallest absolute Gasteiger partial charge is 0.272 e. The van der Waals surface area contributed by atoms with Crippen LogP contribution in [0.4, 0.5) is 0 Å². The van der Waals surface area contributed by atoms with Crippen LogP contribution in [0.3, 0.4) is 0 Å². The number of ketones is 1. The fraction of sp³-hybridized carbons (Fsp3) is 0.300. The van der Waals surface area contributed by atoms with Crippen LogP contribution >= 0.6 is 0 Å². The van der Waals surface area contributed by atoms with Gasteiger partial charge in [0.1, 0.15) is 11.0 Å². The van der Waals surface area contributed by atoms with Gasteiger partial charge in [-0.1, -0.05) is 24.3 Å². The molecule has 0 radical (unpaired) electrons. The van der Waals surface area contributed by atoms with Crippen molar-refractivity contribution >= 4 is 15.9 Å². The van der Waals surface area contributed by atoms with E-state index in [2.05, 4.69) is 0 Å². The van der Waals surface area contributed by atoms with Crippen molar-refractivity contribution in [3.8, 4) is 0 Å². The average molecular weight is 226 g/mol. The van der Waals surface area contributed by atoms with Crippen LogP contribution in [0.15, 0.2) is 24.3 Å². The standard InChI is InChI=1S/C10H10O4S/c11-8-5-7-3-1-2-4-9(7)10(6-8)15(12,13)14/h1-4,10H,5-6H2,(H,12,13,14). The Morgan fingerprint density at radius 1 is 1.27 bits per heavy atom. The molecule has 15 heavy (non-hydrogen) atoms. The Morgan fingerprint density at radius 2 is 1.93 bits per heavy atom. The molecule has 0 bridgehead atoms. The topological polar surface area (TPSA) is 71.4 Å². The van der Waals surface area contributed by atoms with Crippen molar-refractivity contribution in [3.63, 3.8) is 0 Å². The number of benzene rings is 1. The van der Waals surface area contributed by atoms with E-state index >= 15 is 0 Å². The molecule has 0 amide bonds. The molecule has 2 rings (SSSR count). The minimum Gasteiger partial charge on any atom is -0.299 e. The Bertz CT molecular complexity index is 504. The highest BCUT2D eigenvalue weighted by atomic mass is 32.2. The van der Waals surface area contributed by atoms with Crippen molar-refractivity contribution in [2.24, 2.45) is 0 Å². The minimum absolute atomic E-state index is 0.129. The van der Waals surface area contributed by atoms with Crippen LogP contribution in [0.1, 0.15) is 22.8 Å². The van der Waals surface area contributed by atoms with Gasteiger partial charge in [-0.05, 0) is 11.1 Å². The number of rotatable bonds is 1. The number of Topliss-reactive ketones (excluding diaryl/α,β-unsaturated/α-hetero) is 1. The van der Waals surface area contributed by atoms with Gasteiger partial charge in [0.2, 0.25) is 0 Å². The van der Waals surface area contributed by atoms with Gasteiger partial charge in [0, 0.05) is 12.8 Å². The summed E-state index contributed by atoms with van der Waals surface area (Å²) in [4.78, 5) is 11.3. The monoisotopic (exact) mass is 226 g/mol. The number of carbonyl (C=O) groups is 1. The first-order valence-electron chi connectivity index (χ1n) is 4.54. The maximum absolute atomic E-state index is 11.3. The molecular formula is C10H10O4S. The summed E-state index contributed by atoms with van der Waals surface area (Å²) in [5.41, 5.74) is 1.23. The molecule has 5 heteroatoms. The van der Waals surface area contributed by atoms with Crippen molar-refractivity contribution in [1.29, 1.82) is 0 Å². The van der Waals surface area contributed by atoms with Gasteiger partial charge in [-0.15, -0.1) is 0 Å². The fourth-order valence-corrected chi connectivity index (χ4v) is 2.82. The minimum atomic E-state index is -4.19. The summed E-state index contributed by atoms with van der Waals surface area (Å²) in [6, 6.07) is 6.80. The highest BCUT2D eigenvalue weighted by Gasteiger charge is 2.33. The van der Waals surface area contributed by atoms with Gasteiger partial charge in [-0.2, -0.15) is 8.42 Å². The third-order valence-electron chi connectivity index (χ3n) is 2.56. The first-order valence-corrected chi connectivity index (χ1v) is 6.04. The van der Waals surface area contributed by atoms with Crippen LogP contribution in [-0.4, -0.2) is 18.8 Å². The quantitative estimate of drug-likeness (QED) is 0.729. The predicted molar refractivity (Wildman–Crippen MR) is 54.1 cm³/mol. The summed E-state index contributed by atoms with van der Waals surface area (Å²) >= 11 is 0. The zero-order valence-electron chi connectivity index (χ0n) is 7.88. The predicted octanol–water partition coefficient (Wildman–Crippen LogP) is 1.13. The van der Waals surface area contributed by atoms with E-state index < -0.39 is 15.4 Å². The molecule has 1 aliphatic carbocycles. The molecule has 0 spiro atoms. The molecule has 0 aromatic heterocycles. The van der Waals surface area contributed by atoms with Crippen molar-refractivity contribution in [1.82, 2.24) is 0 Å². The number of fused-ring (bicyclic) bond motifs is 1. The molecule has 1 aromatic carbocycles. The summed E-state index contributed by atoms with van der Waals surface area (Å²) in [6.45, 7) is 0. The maximum Gasteiger partial charge on any atom is 0.272 e. The van der Waals surface area contributed by atoms with Crippen LogP contribution in [0.2, 0.25) is 0 Å². The van der Waals surface area contributed by atoms with E-state index in [0.29, 0.717) is 11.1 Å². The Kier molecular flexibility index (Phi) is 2.36. The second kappa shape index (κ2) is 3.43. The molecule has 1 atom stereocenters. The highest BCUT2D eigenvalue weighted by molar-refractivity contribution is 7.86. The lowest BCUT2D eigenvalue weighted by atomic mass is 9.90. The van der Waals surface area contributed by atoms with Crippen molar-refractivity contribution in [3.05, 3.63) is 35.4 Å². The van der Waals surface area contributed by atoms with E-state index in [9.17, 15) is 13.2 Å². The normalized spacial score (nSPS) is 21.1.